The van der Waals surface area contributed by atoms with Crippen LogP contribution in [0.15, 0.2) is 24.3 Å². The fourth-order valence-electron chi connectivity index (χ4n) is 2.21. The van der Waals surface area contributed by atoms with Crippen LogP contribution in [0.4, 0.5) is 13.2 Å². The minimum absolute atomic E-state index is 0.183. The molecule has 118 valence electrons. The van der Waals surface area contributed by atoms with Gasteiger partial charge in [0.15, 0.2) is 0 Å². The molecule has 0 aliphatic heterocycles. The van der Waals surface area contributed by atoms with Crippen molar-refractivity contribution < 1.29 is 27.8 Å². The second-order valence-corrected chi connectivity index (χ2v) is 4.46. The van der Waals surface area contributed by atoms with Gasteiger partial charge in [-0.3, -0.25) is 9.69 Å². The maximum atomic E-state index is 12.2. The lowest BCUT2D eigenvalue weighted by Crippen LogP contribution is -2.30. The molecule has 0 fully saturated rings. The quantitative estimate of drug-likeness (QED) is 0.838. The first-order valence-electron chi connectivity index (χ1n) is 6.58. The fraction of sp³-hybridized carbons (Fsp3) is 0.500. The van der Waals surface area contributed by atoms with Crippen molar-refractivity contribution in [3.63, 3.8) is 0 Å². The van der Waals surface area contributed by atoms with Crippen molar-refractivity contribution in [2.24, 2.45) is 0 Å². The normalized spacial score (nSPS) is 13.2. The zero-order chi connectivity index (χ0) is 16.0. The number of halogens is 3. The highest BCUT2D eigenvalue weighted by Crippen LogP contribution is 2.29. The summed E-state index contributed by atoms with van der Waals surface area (Å²) in [6.07, 6.45) is -4.95. The van der Waals surface area contributed by atoms with Crippen molar-refractivity contribution in [1.29, 1.82) is 0 Å². The first kappa shape index (κ1) is 17.3. The van der Waals surface area contributed by atoms with Crippen molar-refractivity contribution in [3.8, 4) is 5.75 Å². The Bertz CT molecular complexity index is 473. The van der Waals surface area contributed by atoms with Crippen LogP contribution in [0, 0.1) is 0 Å². The third kappa shape index (κ3) is 5.63. The molecular weight excluding hydrogens is 287 g/mol. The molecule has 0 saturated carbocycles. The van der Waals surface area contributed by atoms with E-state index in [1.807, 2.05) is 18.7 Å². The summed E-state index contributed by atoms with van der Waals surface area (Å²) < 4.78 is 40.6. The summed E-state index contributed by atoms with van der Waals surface area (Å²) in [5, 5.41) is 9.00. The summed E-state index contributed by atoms with van der Waals surface area (Å²) in [5.74, 6) is -1.35. The zero-order valence-electron chi connectivity index (χ0n) is 11.9. The molecule has 7 heteroatoms. The van der Waals surface area contributed by atoms with E-state index < -0.39 is 18.4 Å². The molecule has 0 saturated heterocycles. The number of benzene rings is 1. The molecule has 1 N–H and O–H groups in total. The van der Waals surface area contributed by atoms with Gasteiger partial charge in [-0.25, -0.2) is 0 Å². The lowest BCUT2D eigenvalue weighted by molar-refractivity contribution is -0.274. The van der Waals surface area contributed by atoms with Gasteiger partial charge in [0, 0.05) is 6.04 Å². The van der Waals surface area contributed by atoms with Gasteiger partial charge in [-0.15, -0.1) is 13.2 Å². The van der Waals surface area contributed by atoms with E-state index in [1.54, 1.807) is 6.07 Å². The number of aliphatic carboxylic acids is 1. The Hall–Kier alpha value is -1.76. The molecule has 1 rings (SSSR count). The van der Waals surface area contributed by atoms with Crippen LogP contribution in [0.5, 0.6) is 5.75 Å². The standard InChI is InChI=1S/C14H18F3NO3/c1-3-18(4-2)12(9-13(19)20)10-6-5-7-11(8-10)21-14(15,16)17/h5-8,12H,3-4,9H2,1-2H3,(H,19,20). The van der Waals surface area contributed by atoms with Gasteiger partial charge < -0.3 is 9.84 Å². The van der Waals surface area contributed by atoms with E-state index in [1.165, 1.54) is 18.2 Å². The van der Waals surface area contributed by atoms with Crippen LogP contribution in [0.2, 0.25) is 0 Å². The molecule has 0 heterocycles. The van der Waals surface area contributed by atoms with Crippen molar-refractivity contribution >= 4 is 5.97 Å². The van der Waals surface area contributed by atoms with E-state index in [0.29, 0.717) is 18.7 Å². The van der Waals surface area contributed by atoms with Crippen LogP contribution in [0.1, 0.15) is 31.9 Å². The van der Waals surface area contributed by atoms with Gasteiger partial charge >= 0.3 is 12.3 Å². The third-order valence-electron chi connectivity index (χ3n) is 3.10. The first-order valence-corrected chi connectivity index (χ1v) is 6.58. The van der Waals surface area contributed by atoms with Crippen LogP contribution in [0.3, 0.4) is 0 Å². The summed E-state index contributed by atoms with van der Waals surface area (Å²) in [6.45, 7) is 4.93. The highest BCUT2D eigenvalue weighted by atomic mass is 19.4. The molecule has 0 spiro atoms. The number of hydrogen-bond acceptors (Lipinski definition) is 3. The molecule has 21 heavy (non-hydrogen) atoms. The molecule has 0 bridgehead atoms. The smallest absolute Gasteiger partial charge is 0.481 e. The lowest BCUT2D eigenvalue weighted by atomic mass is 10.0. The molecule has 0 aliphatic carbocycles. The average Bonchev–Trinajstić information content (AvgIpc) is 2.37. The van der Waals surface area contributed by atoms with Crippen molar-refractivity contribution in [3.05, 3.63) is 29.8 Å². The summed E-state index contributed by atoms with van der Waals surface area (Å²) in [5.41, 5.74) is 0.489. The van der Waals surface area contributed by atoms with E-state index in [4.69, 9.17) is 5.11 Å². The number of rotatable bonds is 7. The van der Waals surface area contributed by atoms with Crippen LogP contribution in [-0.2, 0) is 4.79 Å². The maximum absolute atomic E-state index is 12.2. The van der Waals surface area contributed by atoms with Gasteiger partial charge in [-0.05, 0) is 30.8 Å². The summed E-state index contributed by atoms with van der Waals surface area (Å²) in [7, 11) is 0. The topological polar surface area (TPSA) is 49.8 Å². The van der Waals surface area contributed by atoms with Crippen LogP contribution < -0.4 is 4.74 Å². The zero-order valence-corrected chi connectivity index (χ0v) is 11.9. The van der Waals surface area contributed by atoms with Gasteiger partial charge in [0.2, 0.25) is 0 Å². The third-order valence-corrected chi connectivity index (χ3v) is 3.10. The van der Waals surface area contributed by atoms with Gasteiger partial charge in [0.1, 0.15) is 5.75 Å². The van der Waals surface area contributed by atoms with Gasteiger partial charge in [0.25, 0.3) is 0 Å². The number of hydrogen-bond donors (Lipinski definition) is 1. The molecular formula is C14H18F3NO3. The second kappa shape index (κ2) is 7.31. The first-order chi connectivity index (χ1) is 9.76. The fourth-order valence-corrected chi connectivity index (χ4v) is 2.21. The highest BCUT2D eigenvalue weighted by molar-refractivity contribution is 5.68. The molecule has 0 amide bonds. The largest absolute Gasteiger partial charge is 0.573 e. The van der Waals surface area contributed by atoms with Crippen LogP contribution in [-0.4, -0.2) is 35.4 Å². The Morgan fingerprint density at radius 2 is 1.95 bits per heavy atom. The molecule has 1 aromatic rings. The number of nitrogens with zero attached hydrogens (tertiary/aromatic N) is 1. The van der Waals surface area contributed by atoms with Gasteiger partial charge in [0.05, 0.1) is 6.42 Å². The number of carboxylic acid groups (broad SMARTS) is 1. The molecule has 4 nitrogen and oxygen atoms in total. The van der Waals surface area contributed by atoms with E-state index in [2.05, 4.69) is 4.74 Å². The maximum Gasteiger partial charge on any atom is 0.573 e. The van der Waals surface area contributed by atoms with Gasteiger partial charge in [-0.1, -0.05) is 26.0 Å². The van der Waals surface area contributed by atoms with E-state index in [-0.39, 0.29) is 12.2 Å². The Balaban J connectivity index is 3.07. The predicted molar refractivity (Wildman–Crippen MR) is 71.0 cm³/mol. The molecule has 1 atom stereocenters. The monoisotopic (exact) mass is 305 g/mol. The van der Waals surface area contributed by atoms with E-state index in [9.17, 15) is 18.0 Å². The molecule has 0 radical (unpaired) electrons. The summed E-state index contributed by atoms with van der Waals surface area (Å²) >= 11 is 0. The number of ether oxygens (including phenoxy) is 1. The average molecular weight is 305 g/mol. The van der Waals surface area contributed by atoms with Crippen LogP contribution in [0.25, 0.3) is 0 Å². The van der Waals surface area contributed by atoms with Gasteiger partial charge in [-0.2, -0.15) is 0 Å². The SMILES string of the molecule is CCN(CC)C(CC(=O)O)c1cccc(OC(F)(F)F)c1. The molecule has 1 unspecified atom stereocenters. The Kier molecular flexibility index (Phi) is 6.02. The Morgan fingerprint density at radius 3 is 2.43 bits per heavy atom. The highest BCUT2D eigenvalue weighted by Gasteiger charge is 2.31. The summed E-state index contributed by atoms with van der Waals surface area (Å²) in [4.78, 5) is 12.9. The molecule has 1 aromatic carbocycles. The van der Waals surface area contributed by atoms with Crippen LogP contribution >= 0.6 is 0 Å². The number of carbonyl (C=O) groups is 1. The minimum Gasteiger partial charge on any atom is -0.481 e. The number of carboxylic acids is 1. The predicted octanol–water partition coefficient (Wildman–Crippen LogP) is 3.44. The van der Waals surface area contributed by atoms with E-state index in [0.717, 1.165) is 0 Å². The Labute approximate surface area is 121 Å². The molecule has 0 aliphatic rings. The van der Waals surface area contributed by atoms with Crippen molar-refractivity contribution in [1.82, 2.24) is 4.90 Å². The second-order valence-electron chi connectivity index (χ2n) is 4.46. The lowest BCUT2D eigenvalue weighted by Gasteiger charge is -2.29. The van der Waals surface area contributed by atoms with Crippen molar-refractivity contribution in [2.75, 3.05) is 13.1 Å². The van der Waals surface area contributed by atoms with E-state index >= 15 is 0 Å². The Morgan fingerprint density at radius 1 is 1.33 bits per heavy atom. The summed E-state index contributed by atoms with van der Waals surface area (Å²) in [6, 6.07) is 4.97. The minimum atomic E-state index is -4.77. The van der Waals surface area contributed by atoms with Crippen molar-refractivity contribution in [2.45, 2.75) is 32.7 Å². The molecule has 0 aromatic heterocycles. The number of alkyl halides is 3.